The van der Waals surface area contributed by atoms with Crippen LogP contribution in [0.15, 0.2) is 18.3 Å². The van der Waals surface area contributed by atoms with Crippen LogP contribution in [-0.2, 0) is 6.54 Å². The molecule has 0 saturated heterocycles. The Labute approximate surface area is 111 Å². The first-order valence-corrected chi connectivity index (χ1v) is 7.43. The smallest absolute Gasteiger partial charge is 0.0570 e. The molecule has 2 heteroatoms. The Morgan fingerprint density at radius 2 is 2.17 bits per heavy atom. The number of aromatic nitrogens is 1. The summed E-state index contributed by atoms with van der Waals surface area (Å²) in [5.41, 5.74) is 2.50. The quantitative estimate of drug-likeness (QED) is 0.817. The largest absolute Gasteiger partial charge is 0.308 e. The Hall–Kier alpha value is -0.890. The number of pyridine rings is 1. The minimum atomic E-state index is 0.697. The number of hydrogen-bond acceptors (Lipinski definition) is 2. The molecule has 2 atom stereocenters. The highest BCUT2D eigenvalue weighted by molar-refractivity contribution is 5.17. The second-order valence-corrected chi connectivity index (χ2v) is 5.63. The van der Waals surface area contributed by atoms with Crippen molar-refractivity contribution < 1.29 is 0 Å². The lowest BCUT2D eigenvalue weighted by molar-refractivity contribution is 0.424. The Balaban J connectivity index is 1.82. The molecule has 1 heterocycles. The van der Waals surface area contributed by atoms with Crippen LogP contribution in [0.25, 0.3) is 0 Å². The van der Waals surface area contributed by atoms with Gasteiger partial charge in [0.15, 0.2) is 0 Å². The monoisotopic (exact) mass is 246 g/mol. The third-order valence-corrected chi connectivity index (χ3v) is 4.34. The molecule has 1 fully saturated rings. The Morgan fingerprint density at radius 3 is 2.94 bits per heavy atom. The summed E-state index contributed by atoms with van der Waals surface area (Å²) < 4.78 is 0. The molecule has 0 radical (unpaired) electrons. The fourth-order valence-electron chi connectivity index (χ4n) is 2.94. The minimum Gasteiger partial charge on any atom is -0.308 e. The van der Waals surface area contributed by atoms with Crippen LogP contribution in [-0.4, -0.2) is 11.0 Å². The van der Waals surface area contributed by atoms with Gasteiger partial charge in [-0.05, 0) is 43.7 Å². The number of nitrogens with one attached hydrogen (secondary N) is 1. The van der Waals surface area contributed by atoms with Crippen LogP contribution in [0, 0.1) is 12.8 Å². The highest BCUT2D eigenvalue weighted by atomic mass is 14.9. The zero-order valence-corrected chi connectivity index (χ0v) is 11.8. The van der Waals surface area contributed by atoms with Gasteiger partial charge < -0.3 is 5.32 Å². The van der Waals surface area contributed by atoms with Gasteiger partial charge in [0.2, 0.25) is 0 Å². The molecule has 0 aliphatic heterocycles. The molecule has 0 aromatic carbocycles. The van der Waals surface area contributed by atoms with Crippen molar-refractivity contribution in [3.63, 3.8) is 0 Å². The van der Waals surface area contributed by atoms with Gasteiger partial charge in [-0.2, -0.15) is 0 Å². The van der Waals surface area contributed by atoms with Gasteiger partial charge in [-0.15, -0.1) is 0 Å². The lowest BCUT2D eigenvalue weighted by Crippen LogP contribution is -2.28. The molecule has 0 amide bonds. The summed E-state index contributed by atoms with van der Waals surface area (Å²) in [5, 5.41) is 3.70. The summed E-state index contributed by atoms with van der Waals surface area (Å²) in [6.45, 7) is 5.40. The van der Waals surface area contributed by atoms with Crippen LogP contribution in [0.5, 0.6) is 0 Å². The van der Waals surface area contributed by atoms with E-state index in [9.17, 15) is 0 Å². The van der Waals surface area contributed by atoms with Crippen molar-refractivity contribution in [2.45, 2.75) is 65.0 Å². The van der Waals surface area contributed by atoms with Gasteiger partial charge >= 0.3 is 0 Å². The van der Waals surface area contributed by atoms with Crippen molar-refractivity contribution in [3.05, 3.63) is 29.6 Å². The summed E-state index contributed by atoms with van der Waals surface area (Å²) in [6, 6.07) is 4.85. The maximum atomic E-state index is 4.45. The van der Waals surface area contributed by atoms with Gasteiger partial charge in [-0.1, -0.05) is 32.3 Å². The van der Waals surface area contributed by atoms with Gasteiger partial charge in [0.25, 0.3) is 0 Å². The zero-order valence-electron chi connectivity index (χ0n) is 11.8. The first kappa shape index (κ1) is 13.5. The van der Waals surface area contributed by atoms with Gasteiger partial charge in [0, 0.05) is 18.8 Å². The topological polar surface area (TPSA) is 24.9 Å². The minimum absolute atomic E-state index is 0.697. The Morgan fingerprint density at radius 1 is 1.28 bits per heavy atom. The molecule has 18 heavy (non-hydrogen) atoms. The summed E-state index contributed by atoms with van der Waals surface area (Å²) >= 11 is 0. The van der Waals surface area contributed by atoms with E-state index in [-0.39, 0.29) is 0 Å². The van der Waals surface area contributed by atoms with E-state index in [1.165, 1.54) is 49.8 Å². The molecular formula is C16H26N2. The number of aryl methyl sites for hydroxylation is 1. The summed E-state index contributed by atoms with van der Waals surface area (Å²) in [5.74, 6) is 0.966. The van der Waals surface area contributed by atoms with E-state index in [0.717, 1.165) is 12.5 Å². The van der Waals surface area contributed by atoms with E-state index in [2.05, 4.69) is 30.2 Å². The number of rotatable bonds is 4. The first-order valence-electron chi connectivity index (χ1n) is 7.43. The maximum absolute atomic E-state index is 4.45. The Kier molecular flexibility index (Phi) is 5.18. The maximum Gasteiger partial charge on any atom is 0.0570 e. The molecule has 1 saturated carbocycles. The molecule has 1 aliphatic carbocycles. The zero-order chi connectivity index (χ0) is 12.8. The molecule has 1 aromatic heterocycles. The lowest BCUT2D eigenvalue weighted by atomic mass is 9.98. The van der Waals surface area contributed by atoms with Gasteiger partial charge in [0.05, 0.1) is 5.69 Å². The molecule has 100 valence electrons. The van der Waals surface area contributed by atoms with E-state index in [0.29, 0.717) is 6.04 Å². The summed E-state index contributed by atoms with van der Waals surface area (Å²) in [4.78, 5) is 4.45. The van der Waals surface area contributed by atoms with Gasteiger partial charge in [0.1, 0.15) is 0 Å². The second-order valence-electron chi connectivity index (χ2n) is 5.63. The molecule has 2 nitrogen and oxygen atoms in total. The third kappa shape index (κ3) is 3.81. The van der Waals surface area contributed by atoms with Crippen LogP contribution in [0.4, 0.5) is 0 Å². The highest BCUT2D eigenvalue weighted by Crippen LogP contribution is 2.25. The molecule has 2 rings (SSSR count). The van der Waals surface area contributed by atoms with Crippen LogP contribution in [0.1, 0.15) is 56.7 Å². The fraction of sp³-hybridized carbons (Fsp3) is 0.688. The molecule has 1 aromatic rings. The average Bonchev–Trinajstić information content (AvgIpc) is 2.63. The fourth-order valence-corrected chi connectivity index (χ4v) is 2.94. The summed E-state index contributed by atoms with van der Waals surface area (Å²) in [7, 11) is 0. The number of hydrogen-bond donors (Lipinski definition) is 1. The molecule has 1 N–H and O–H groups in total. The predicted molar refractivity (Wildman–Crippen MR) is 76.5 cm³/mol. The van der Waals surface area contributed by atoms with Crippen molar-refractivity contribution >= 4 is 0 Å². The van der Waals surface area contributed by atoms with Crippen molar-refractivity contribution in [1.29, 1.82) is 0 Å². The predicted octanol–water partition coefficient (Wildman–Crippen LogP) is 3.84. The van der Waals surface area contributed by atoms with Crippen molar-refractivity contribution in [1.82, 2.24) is 10.3 Å². The molecule has 1 aliphatic rings. The number of nitrogens with zero attached hydrogens (tertiary/aromatic N) is 1. The van der Waals surface area contributed by atoms with Crippen LogP contribution >= 0.6 is 0 Å². The highest BCUT2D eigenvalue weighted by Gasteiger charge is 2.17. The third-order valence-electron chi connectivity index (χ3n) is 4.34. The van der Waals surface area contributed by atoms with E-state index < -0.39 is 0 Å². The van der Waals surface area contributed by atoms with Crippen LogP contribution < -0.4 is 5.32 Å². The van der Waals surface area contributed by atoms with Gasteiger partial charge in [-0.3, -0.25) is 4.98 Å². The van der Waals surface area contributed by atoms with Crippen LogP contribution in [0.3, 0.4) is 0 Å². The SMILES string of the molecule is CCC1CCCC(NCc2ncccc2C)CC1. The van der Waals surface area contributed by atoms with Gasteiger partial charge in [-0.25, -0.2) is 0 Å². The molecule has 2 unspecified atom stereocenters. The van der Waals surface area contributed by atoms with Crippen molar-refractivity contribution in [3.8, 4) is 0 Å². The Bertz CT molecular complexity index is 362. The first-order chi connectivity index (χ1) is 8.79. The lowest BCUT2D eigenvalue weighted by Gasteiger charge is -2.17. The molecule has 0 spiro atoms. The standard InChI is InChI=1S/C16H26N2/c1-3-14-7-4-8-15(10-9-14)18-12-16-13(2)6-5-11-17-16/h5-6,11,14-15,18H,3-4,7-10,12H2,1-2H3. The normalized spacial score (nSPS) is 24.8. The van der Waals surface area contributed by atoms with Crippen LogP contribution in [0.2, 0.25) is 0 Å². The average molecular weight is 246 g/mol. The van der Waals surface area contributed by atoms with E-state index >= 15 is 0 Å². The van der Waals surface area contributed by atoms with E-state index in [4.69, 9.17) is 0 Å². The second kappa shape index (κ2) is 6.89. The van der Waals surface area contributed by atoms with E-state index in [1.54, 1.807) is 0 Å². The summed E-state index contributed by atoms with van der Waals surface area (Å²) in [6.07, 6.45) is 10.1. The van der Waals surface area contributed by atoms with Crippen molar-refractivity contribution in [2.75, 3.05) is 0 Å². The molecule has 0 bridgehead atoms. The van der Waals surface area contributed by atoms with E-state index in [1.807, 2.05) is 12.3 Å². The molecular weight excluding hydrogens is 220 g/mol. The van der Waals surface area contributed by atoms with Crippen molar-refractivity contribution in [2.24, 2.45) is 5.92 Å².